The standard InChI is InChI=1S/C17H23NO2/c19-16-6-8-17(20,9-7-16)15-5-3-4-14(12-15)13-18-10-1-2-11-18/h3-5,12,20H,1-2,6-11,13H2. The van der Waals surface area contributed by atoms with Crippen molar-refractivity contribution in [2.75, 3.05) is 13.1 Å². The Kier molecular flexibility index (Phi) is 3.90. The molecule has 3 rings (SSSR count). The fourth-order valence-corrected chi connectivity index (χ4v) is 3.39. The summed E-state index contributed by atoms with van der Waals surface area (Å²) in [4.78, 5) is 13.8. The van der Waals surface area contributed by atoms with E-state index in [4.69, 9.17) is 0 Å². The summed E-state index contributed by atoms with van der Waals surface area (Å²) in [5, 5.41) is 10.8. The van der Waals surface area contributed by atoms with E-state index in [0.717, 1.165) is 12.1 Å². The highest BCUT2D eigenvalue weighted by Gasteiger charge is 2.34. The summed E-state index contributed by atoms with van der Waals surface area (Å²) in [5.41, 5.74) is 1.46. The summed E-state index contributed by atoms with van der Waals surface area (Å²) >= 11 is 0. The van der Waals surface area contributed by atoms with Gasteiger partial charge in [-0.1, -0.05) is 24.3 Å². The Morgan fingerprint density at radius 1 is 1.15 bits per heavy atom. The average molecular weight is 273 g/mol. The molecule has 0 unspecified atom stereocenters. The highest BCUT2D eigenvalue weighted by molar-refractivity contribution is 5.79. The van der Waals surface area contributed by atoms with Crippen molar-refractivity contribution < 1.29 is 9.90 Å². The third kappa shape index (κ3) is 2.94. The Labute approximate surface area is 120 Å². The maximum absolute atomic E-state index is 11.4. The molecule has 1 aliphatic carbocycles. The second-order valence-electron chi connectivity index (χ2n) is 6.25. The van der Waals surface area contributed by atoms with Gasteiger partial charge in [-0.15, -0.1) is 0 Å². The summed E-state index contributed by atoms with van der Waals surface area (Å²) in [6.45, 7) is 3.34. The third-order valence-electron chi connectivity index (χ3n) is 4.70. The van der Waals surface area contributed by atoms with Gasteiger partial charge in [0.2, 0.25) is 0 Å². The maximum Gasteiger partial charge on any atom is 0.133 e. The van der Waals surface area contributed by atoms with Crippen LogP contribution < -0.4 is 0 Å². The Hall–Kier alpha value is -1.19. The van der Waals surface area contributed by atoms with Crippen LogP contribution in [0.25, 0.3) is 0 Å². The zero-order chi connectivity index (χ0) is 14.0. The van der Waals surface area contributed by atoms with Crippen molar-refractivity contribution in [1.29, 1.82) is 0 Å². The lowest BCUT2D eigenvalue weighted by molar-refractivity contribution is -0.125. The molecule has 0 radical (unpaired) electrons. The Bertz CT molecular complexity index is 482. The SMILES string of the molecule is O=C1CCC(O)(c2cccc(CN3CCCC3)c2)CC1. The molecule has 1 saturated heterocycles. The first-order valence-corrected chi connectivity index (χ1v) is 7.72. The maximum atomic E-state index is 11.4. The number of benzene rings is 1. The molecule has 1 aromatic carbocycles. The van der Waals surface area contributed by atoms with Crippen LogP contribution in [0.2, 0.25) is 0 Å². The summed E-state index contributed by atoms with van der Waals surface area (Å²) < 4.78 is 0. The molecule has 1 aromatic rings. The number of aliphatic hydroxyl groups is 1. The summed E-state index contributed by atoms with van der Waals surface area (Å²) in [7, 11) is 0. The molecule has 0 amide bonds. The predicted molar refractivity (Wildman–Crippen MR) is 78.3 cm³/mol. The van der Waals surface area contributed by atoms with Gasteiger partial charge in [-0.3, -0.25) is 9.69 Å². The molecule has 1 saturated carbocycles. The fourth-order valence-electron chi connectivity index (χ4n) is 3.39. The lowest BCUT2D eigenvalue weighted by Gasteiger charge is -2.32. The van der Waals surface area contributed by atoms with Gasteiger partial charge in [0, 0.05) is 19.4 Å². The van der Waals surface area contributed by atoms with Gasteiger partial charge in [-0.2, -0.15) is 0 Å². The molecule has 3 nitrogen and oxygen atoms in total. The molecule has 2 fully saturated rings. The van der Waals surface area contributed by atoms with Gasteiger partial charge in [-0.25, -0.2) is 0 Å². The fraction of sp³-hybridized carbons (Fsp3) is 0.588. The van der Waals surface area contributed by atoms with Crippen molar-refractivity contribution in [3.05, 3.63) is 35.4 Å². The molecule has 1 aliphatic heterocycles. The van der Waals surface area contributed by atoms with E-state index in [-0.39, 0.29) is 5.78 Å². The zero-order valence-corrected chi connectivity index (χ0v) is 12.0. The van der Waals surface area contributed by atoms with E-state index in [1.165, 1.54) is 31.5 Å². The lowest BCUT2D eigenvalue weighted by atomic mass is 9.79. The average Bonchev–Trinajstić information content (AvgIpc) is 2.96. The van der Waals surface area contributed by atoms with E-state index in [2.05, 4.69) is 17.0 Å². The first kappa shape index (κ1) is 13.8. The minimum atomic E-state index is -0.797. The minimum absolute atomic E-state index is 0.280. The van der Waals surface area contributed by atoms with E-state index in [1.54, 1.807) is 0 Å². The van der Waals surface area contributed by atoms with Crippen LogP contribution in [0.3, 0.4) is 0 Å². The monoisotopic (exact) mass is 273 g/mol. The van der Waals surface area contributed by atoms with E-state index < -0.39 is 5.60 Å². The van der Waals surface area contributed by atoms with Gasteiger partial charge in [0.1, 0.15) is 5.78 Å². The molecule has 0 aromatic heterocycles. The molecular weight excluding hydrogens is 250 g/mol. The Balaban J connectivity index is 1.74. The van der Waals surface area contributed by atoms with Gasteiger partial charge in [0.25, 0.3) is 0 Å². The van der Waals surface area contributed by atoms with Gasteiger partial charge >= 0.3 is 0 Å². The lowest BCUT2D eigenvalue weighted by Crippen LogP contribution is -2.31. The van der Waals surface area contributed by atoms with Crippen molar-refractivity contribution in [3.8, 4) is 0 Å². The first-order valence-electron chi connectivity index (χ1n) is 7.72. The van der Waals surface area contributed by atoms with E-state index in [0.29, 0.717) is 25.7 Å². The van der Waals surface area contributed by atoms with Gasteiger partial charge in [0.15, 0.2) is 0 Å². The Morgan fingerprint density at radius 2 is 1.85 bits per heavy atom. The van der Waals surface area contributed by atoms with Gasteiger partial charge in [-0.05, 0) is 49.9 Å². The number of Topliss-reactive ketones (excluding diaryl/α,β-unsaturated/α-hetero) is 1. The first-order chi connectivity index (χ1) is 9.66. The molecule has 0 atom stereocenters. The predicted octanol–water partition coefficient (Wildman–Crippen LogP) is 2.61. The topological polar surface area (TPSA) is 40.5 Å². The molecule has 1 heterocycles. The van der Waals surface area contributed by atoms with Crippen LogP contribution in [0, 0.1) is 0 Å². The number of rotatable bonds is 3. The zero-order valence-electron chi connectivity index (χ0n) is 12.0. The number of hydrogen-bond acceptors (Lipinski definition) is 3. The normalized spacial score (nSPS) is 23.1. The van der Waals surface area contributed by atoms with Crippen molar-refractivity contribution >= 4 is 5.78 Å². The molecule has 2 aliphatic rings. The number of carbonyl (C=O) groups is 1. The number of carbonyl (C=O) groups excluding carboxylic acids is 1. The van der Waals surface area contributed by atoms with Crippen molar-refractivity contribution in [2.45, 2.75) is 50.7 Å². The largest absolute Gasteiger partial charge is 0.385 e. The smallest absolute Gasteiger partial charge is 0.133 e. The van der Waals surface area contributed by atoms with Crippen LogP contribution >= 0.6 is 0 Å². The van der Waals surface area contributed by atoms with Crippen LogP contribution in [0.5, 0.6) is 0 Å². The summed E-state index contributed by atoms with van der Waals surface area (Å²) in [6.07, 6.45) is 4.75. The van der Waals surface area contributed by atoms with Gasteiger partial charge < -0.3 is 5.11 Å². The van der Waals surface area contributed by atoms with Crippen molar-refractivity contribution in [2.24, 2.45) is 0 Å². The van der Waals surface area contributed by atoms with Crippen LogP contribution in [-0.2, 0) is 16.9 Å². The summed E-state index contributed by atoms with van der Waals surface area (Å²) in [6, 6.07) is 8.31. The number of hydrogen-bond donors (Lipinski definition) is 1. The van der Waals surface area contributed by atoms with Gasteiger partial charge in [0.05, 0.1) is 5.60 Å². The highest BCUT2D eigenvalue weighted by atomic mass is 16.3. The minimum Gasteiger partial charge on any atom is -0.385 e. The van der Waals surface area contributed by atoms with Crippen LogP contribution in [0.15, 0.2) is 24.3 Å². The molecule has 108 valence electrons. The molecule has 3 heteroatoms. The van der Waals surface area contributed by atoms with E-state index in [1.807, 2.05) is 12.1 Å². The van der Waals surface area contributed by atoms with Crippen molar-refractivity contribution in [1.82, 2.24) is 4.90 Å². The highest BCUT2D eigenvalue weighted by Crippen LogP contribution is 2.36. The van der Waals surface area contributed by atoms with E-state index >= 15 is 0 Å². The number of nitrogens with zero attached hydrogens (tertiary/aromatic N) is 1. The number of ketones is 1. The molecule has 20 heavy (non-hydrogen) atoms. The molecule has 0 bridgehead atoms. The molecule has 1 N–H and O–H groups in total. The molecule has 0 spiro atoms. The van der Waals surface area contributed by atoms with Crippen LogP contribution in [-0.4, -0.2) is 28.9 Å². The quantitative estimate of drug-likeness (QED) is 0.920. The van der Waals surface area contributed by atoms with E-state index in [9.17, 15) is 9.90 Å². The van der Waals surface area contributed by atoms with Crippen LogP contribution in [0.4, 0.5) is 0 Å². The Morgan fingerprint density at radius 3 is 2.55 bits per heavy atom. The summed E-state index contributed by atoms with van der Waals surface area (Å²) in [5.74, 6) is 0.280. The molecular formula is C17H23NO2. The third-order valence-corrected chi connectivity index (χ3v) is 4.70. The second-order valence-corrected chi connectivity index (χ2v) is 6.25. The van der Waals surface area contributed by atoms with Crippen LogP contribution in [0.1, 0.15) is 49.7 Å². The number of likely N-dealkylation sites (tertiary alicyclic amines) is 1. The van der Waals surface area contributed by atoms with Crippen molar-refractivity contribution in [3.63, 3.8) is 0 Å². The second kappa shape index (κ2) is 5.66.